The summed E-state index contributed by atoms with van der Waals surface area (Å²) in [7, 11) is 0. The normalized spacial score (nSPS) is 11.1. The van der Waals surface area contributed by atoms with Gasteiger partial charge in [-0.15, -0.1) is 0 Å². The average Bonchev–Trinajstić information content (AvgIpc) is 2.93. The summed E-state index contributed by atoms with van der Waals surface area (Å²) in [6, 6.07) is 9.42. The number of benzene rings is 1. The van der Waals surface area contributed by atoms with Crippen LogP contribution in [-0.4, -0.2) is 14.5 Å². The highest BCUT2D eigenvalue weighted by molar-refractivity contribution is 7.99. The van der Waals surface area contributed by atoms with Crippen LogP contribution in [0.5, 0.6) is 0 Å². The van der Waals surface area contributed by atoms with E-state index in [0.29, 0.717) is 16.6 Å². The number of nitrogens with zero attached hydrogens (tertiary/aromatic N) is 4. The maximum absolute atomic E-state index is 7.30. The van der Waals surface area contributed by atoms with Gasteiger partial charge in [0.25, 0.3) is 0 Å². The van der Waals surface area contributed by atoms with Crippen molar-refractivity contribution in [2.75, 3.05) is 0 Å². The molecule has 0 spiro atoms. The average molecular weight is 420 g/mol. The van der Waals surface area contributed by atoms with Crippen molar-refractivity contribution in [1.29, 1.82) is 5.53 Å². The third kappa shape index (κ3) is 4.89. The van der Waals surface area contributed by atoms with Gasteiger partial charge < -0.3 is 4.57 Å². The Morgan fingerprint density at radius 2 is 1.96 bits per heavy atom. The van der Waals surface area contributed by atoms with Crippen LogP contribution >= 0.6 is 35.0 Å². The quantitative estimate of drug-likeness (QED) is 0.447. The van der Waals surface area contributed by atoms with Crippen LogP contribution in [0.1, 0.15) is 36.8 Å². The fourth-order valence-corrected chi connectivity index (χ4v) is 4.63. The molecule has 2 heterocycles. The first kappa shape index (κ1) is 19.9. The molecule has 3 aromatic rings. The number of aromatic nitrogens is 3. The summed E-state index contributed by atoms with van der Waals surface area (Å²) in [4.78, 5) is 9.92. The van der Waals surface area contributed by atoms with Gasteiger partial charge >= 0.3 is 0 Å². The van der Waals surface area contributed by atoms with Gasteiger partial charge in [0.2, 0.25) is 0 Å². The molecule has 0 saturated heterocycles. The molecule has 0 bridgehead atoms. The molecule has 0 fully saturated rings. The molecule has 2 aromatic heterocycles. The van der Waals surface area contributed by atoms with Crippen LogP contribution in [0.2, 0.25) is 10.0 Å². The van der Waals surface area contributed by atoms with Crippen LogP contribution in [0.3, 0.4) is 0 Å². The van der Waals surface area contributed by atoms with Gasteiger partial charge in [-0.2, -0.15) is 5.11 Å². The topological polar surface area (TPSA) is 66.9 Å². The smallest absolute Gasteiger partial charge is 0.133 e. The number of halogens is 2. The predicted octanol–water partition coefficient (Wildman–Crippen LogP) is 6.44. The SMILES string of the molecule is CC(C)c1nc(CN=N)n(Cc2cccnc2)c1Sc1cc(Cl)cc(Cl)c1. The monoisotopic (exact) mass is 419 g/mol. The van der Waals surface area contributed by atoms with Gasteiger partial charge in [-0.25, -0.2) is 10.5 Å². The zero-order chi connectivity index (χ0) is 19.4. The lowest BCUT2D eigenvalue weighted by atomic mass is 10.1. The number of rotatable bonds is 7. The minimum absolute atomic E-state index is 0.224. The Labute approximate surface area is 172 Å². The Kier molecular flexibility index (Phi) is 6.52. The van der Waals surface area contributed by atoms with Gasteiger partial charge in [0.15, 0.2) is 0 Å². The van der Waals surface area contributed by atoms with Crippen LogP contribution in [0.4, 0.5) is 0 Å². The molecule has 3 rings (SSSR count). The third-order valence-corrected chi connectivity index (χ3v) is 5.44. The molecular formula is C19H19Cl2N5S. The first-order chi connectivity index (χ1) is 13.0. The van der Waals surface area contributed by atoms with Gasteiger partial charge in [-0.05, 0) is 35.7 Å². The van der Waals surface area contributed by atoms with Crippen molar-refractivity contribution in [3.63, 3.8) is 0 Å². The summed E-state index contributed by atoms with van der Waals surface area (Å²) < 4.78 is 2.10. The molecule has 0 radical (unpaired) electrons. The molecule has 140 valence electrons. The molecule has 0 atom stereocenters. The first-order valence-corrected chi connectivity index (χ1v) is 10.0. The van der Waals surface area contributed by atoms with E-state index in [4.69, 9.17) is 33.7 Å². The van der Waals surface area contributed by atoms with Gasteiger partial charge in [0.05, 0.1) is 12.2 Å². The molecule has 0 aliphatic heterocycles. The molecule has 8 heteroatoms. The maximum Gasteiger partial charge on any atom is 0.133 e. The Morgan fingerprint density at radius 3 is 2.56 bits per heavy atom. The molecule has 0 aliphatic carbocycles. The van der Waals surface area contributed by atoms with Crippen molar-refractivity contribution < 1.29 is 0 Å². The van der Waals surface area contributed by atoms with E-state index < -0.39 is 0 Å². The number of imidazole rings is 1. The molecule has 27 heavy (non-hydrogen) atoms. The fraction of sp³-hybridized carbons (Fsp3) is 0.263. The molecule has 1 N–H and O–H groups in total. The first-order valence-electron chi connectivity index (χ1n) is 8.43. The molecule has 5 nitrogen and oxygen atoms in total. The zero-order valence-electron chi connectivity index (χ0n) is 15.0. The van der Waals surface area contributed by atoms with Crippen molar-refractivity contribution in [1.82, 2.24) is 14.5 Å². The van der Waals surface area contributed by atoms with E-state index in [-0.39, 0.29) is 12.5 Å². The molecule has 1 aromatic carbocycles. The summed E-state index contributed by atoms with van der Waals surface area (Å²) in [5, 5.41) is 5.75. The lowest BCUT2D eigenvalue weighted by molar-refractivity contribution is 0.657. The van der Waals surface area contributed by atoms with E-state index in [9.17, 15) is 0 Å². The molecule has 0 saturated carbocycles. The van der Waals surface area contributed by atoms with E-state index in [1.54, 1.807) is 24.0 Å². The van der Waals surface area contributed by atoms with Crippen molar-refractivity contribution in [2.45, 2.75) is 42.8 Å². The van der Waals surface area contributed by atoms with Crippen LogP contribution in [0.15, 0.2) is 57.8 Å². The Hall–Kier alpha value is -1.89. The van der Waals surface area contributed by atoms with Gasteiger partial charge in [-0.1, -0.05) is 54.9 Å². The number of hydrogen-bond donors (Lipinski definition) is 1. The second kappa shape index (κ2) is 8.87. The van der Waals surface area contributed by atoms with Crippen LogP contribution in [0, 0.1) is 5.53 Å². The number of nitrogens with one attached hydrogen (secondary N) is 1. The molecule has 0 aliphatic rings. The summed E-state index contributed by atoms with van der Waals surface area (Å²) in [6.45, 7) is 5.05. The van der Waals surface area contributed by atoms with Crippen molar-refractivity contribution in [3.8, 4) is 0 Å². The Balaban J connectivity index is 2.09. The minimum atomic E-state index is 0.224. The van der Waals surface area contributed by atoms with E-state index in [1.807, 2.05) is 30.5 Å². The van der Waals surface area contributed by atoms with E-state index >= 15 is 0 Å². The summed E-state index contributed by atoms with van der Waals surface area (Å²) in [5.74, 6) is 0.981. The zero-order valence-corrected chi connectivity index (χ0v) is 17.3. The highest BCUT2D eigenvalue weighted by atomic mass is 35.5. The summed E-state index contributed by atoms with van der Waals surface area (Å²) >= 11 is 13.9. The Bertz CT molecular complexity index is 921. The third-order valence-electron chi connectivity index (χ3n) is 3.91. The fourth-order valence-electron chi connectivity index (χ4n) is 2.71. The highest BCUT2D eigenvalue weighted by Gasteiger charge is 2.21. The number of pyridine rings is 1. The second-order valence-electron chi connectivity index (χ2n) is 6.34. The van der Waals surface area contributed by atoms with Crippen molar-refractivity contribution in [3.05, 3.63) is 69.9 Å². The van der Waals surface area contributed by atoms with Crippen molar-refractivity contribution >= 4 is 35.0 Å². The summed E-state index contributed by atoms with van der Waals surface area (Å²) in [5.41, 5.74) is 9.33. The van der Waals surface area contributed by atoms with Crippen LogP contribution < -0.4 is 0 Å². The summed E-state index contributed by atoms with van der Waals surface area (Å²) in [6.07, 6.45) is 3.59. The molecular weight excluding hydrogens is 401 g/mol. The highest BCUT2D eigenvalue weighted by Crippen LogP contribution is 2.37. The lowest BCUT2D eigenvalue weighted by Crippen LogP contribution is -2.06. The van der Waals surface area contributed by atoms with Crippen molar-refractivity contribution in [2.24, 2.45) is 5.11 Å². The number of hydrogen-bond acceptors (Lipinski definition) is 5. The van der Waals surface area contributed by atoms with E-state index in [1.165, 1.54) is 0 Å². The largest absolute Gasteiger partial charge is 0.317 e. The van der Waals surface area contributed by atoms with E-state index in [2.05, 4.69) is 28.5 Å². The van der Waals surface area contributed by atoms with Crippen LogP contribution in [0.25, 0.3) is 0 Å². The standard InChI is InChI=1S/C19H19Cl2N5S/c1-12(2)18-19(27-16-7-14(20)6-15(21)8-16)26(17(25-18)10-24-22)11-13-4-3-5-23-9-13/h3-9,12,22H,10-11H2,1-2H3. The molecule has 0 amide bonds. The van der Waals surface area contributed by atoms with E-state index in [0.717, 1.165) is 27.0 Å². The lowest BCUT2D eigenvalue weighted by Gasteiger charge is -2.13. The maximum atomic E-state index is 7.30. The van der Waals surface area contributed by atoms with Gasteiger partial charge in [0.1, 0.15) is 17.4 Å². The Morgan fingerprint density at radius 1 is 1.22 bits per heavy atom. The second-order valence-corrected chi connectivity index (χ2v) is 8.28. The van der Waals surface area contributed by atoms with Crippen LogP contribution in [-0.2, 0) is 13.1 Å². The predicted molar refractivity (Wildman–Crippen MR) is 109 cm³/mol. The minimum Gasteiger partial charge on any atom is -0.317 e. The molecule has 0 unspecified atom stereocenters. The van der Waals surface area contributed by atoms with Gasteiger partial charge in [-0.3, -0.25) is 4.98 Å². The van der Waals surface area contributed by atoms with Gasteiger partial charge in [0, 0.05) is 27.3 Å².